The number of benzene rings is 1. The molecule has 9 heteroatoms. The molecule has 0 aliphatic carbocycles. The van der Waals surface area contributed by atoms with Crippen LogP contribution in [0.4, 0.5) is 13.2 Å². The molecule has 2 heterocycles. The summed E-state index contributed by atoms with van der Waals surface area (Å²) >= 11 is 1.46. The Morgan fingerprint density at radius 1 is 1.32 bits per heavy atom. The predicted molar refractivity (Wildman–Crippen MR) is 89.0 cm³/mol. The third-order valence-corrected chi connectivity index (χ3v) is 7.14. The Bertz CT molecular complexity index is 849. The highest BCUT2D eigenvalue weighted by Crippen LogP contribution is 2.35. The molecule has 3 rings (SSSR count). The van der Waals surface area contributed by atoms with Crippen molar-refractivity contribution >= 4 is 21.4 Å². The van der Waals surface area contributed by atoms with E-state index in [0.29, 0.717) is 13.0 Å². The van der Waals surface area contributed by atoms with Crippen molar-refractivity contribution in [3.05, 3.63) is 45.9 Å². The lowest BCUT2D eigenvalue weighted by Crippen LogP contribution is -2.39. The molecule has 1 fully saturated rings. The highest BCUT2D eigenvalue weighted by molar-refractivity contribution is 7.89. The Kier molecular flexibility index (Phi) is 4.91. The number of nitrogens with zero attached hydrogens (tertiary/aromatic N) is 2. The van der Waals surface area contributed by atoms with E-state index in [1.807, 2.05) is 5.38 Å². The minimum absolute atomic E-state index is 0.00533. The molecule has 1 saturated heterocycles. The van der Waals surface area contributed by atoms with Gasteiger partial charge in [-0.05, 0) is 37.5 Å². The van der Waals surface area contributed by atoms with Gasteiger partial charge in [0.15, 0.2) is 0 Å². The highest BCUT2D eigenvalue weighted by Gasteiger charge is 2.36. The largest absolute Gasteiger partial charge is 0.416 e. The lowest BCUT2D eigenvalue weighted by molar-refractivity contribution is -0.138. The maximum absolute atomic E-state index is 13.1. The second kappa shape index (κ2) is 6.69. The molecule has 1 aliphatic heterocycles. The molecule has 0 saturated carbocycles. The Morgan fingerprint density at radius 2 is 2.08 bits per heavy atom. The van der Waals surface area contributed by atoms with Gasteiger partial charge in [-0.1, -0.05) is 6.07 Å². The molecule has 1 aromatic heterocycles. The van der Waals surface area contributed by atoms with Gasteiger partial charge in [-0.3, -0.25) is 0 Å². The Balaban J connectivity index is 1.91. The Hall–Kier alpha value is -1.45. The van der Waals surface area contributed by atoms with E-state index in [1.165, 1.54) is 34.7 Å². The summed E-state index contributed by atoms with van der Waals surface area (Å²) in [4.78, 5) is 3.92. The minimum Gasteiger partial charge on any atom is -0.249 e. The maximum atomic E-state index is 13.1. The first kappa shape index (κ1) is 18.3. The Morgan fingerprint density at radius 3 is 2.72 bits per heavy atom. The fourth-order valence-electron chi connectivity index (χ4n) is 3.01. The summed E-state index contributed by atoms with van der Waals surface area (Å²) < 4.78 is 66.2. The van der Waals surface area contributed by atoms with E-state index in [9.17, 15) is 21.6 Å². The zero-order valence-electron chi connectivity index (χ0n) is 13.5. The summed E-state index contributed by atoms with van der Waals surface area (Å²) in [5.41, 5.74) is -0.909. The van der Waals surface area contributed by atoms with Gasteiger partial charge in [-0.25, -0.2) is 13.4 Å². The lowest BCUT2D eigenvalue weighted by atomic mass is 10.0. The molecule has 25 heavy (non-hydrogen) atoms. The van der Waals surface area contributed by atoms with Crippen LogP contribution in [0.2, 0.25) is 0 Å². The van der Waals surface area contributed by atoms with Gasteiger partial charge >= 0.3 is 6.18 Å². The maximum Gasteiger partial charge on any atom is 0.416 e. The zero-order valence-corrected chi connectivity index (χ0v) is 15.1. The molecule has 136 valence electrons. The van der Waals surface area contributed by atoms with E-state index < -0.39 is 21.8 Å². The summed E-state index contributed by atoms with van der Waals surface area (Å²) in [6, 6.07) is 3.18. The number of piperidine rings is 1. The average Bonchev–Trinajstić information content (AvgIpc) is 3.08. The van der Waals surface area contributed by atoms with Crippen molar-refractivity contribution in [3.8, 4) is 0 Å². The van der Waals surface area contributed by atoms with Crippen LogP contribution in [-0.2, 0) is 16.2 Å². The van der Waals surface area contributed by atoms with Gasteiger partial charge in [0.1, 0.15) is 0 Å². The van der Waals surface area contributed by atoms with Crippen molar-refractivity contribution in [2.75, 3.05) is 13.1 Å². The van der Waals surface area contributed by atoms with E-state index >= 15 is 0 Å². The topological polar surface area (TPSA) is 50.3 Å². The Labute approximate surface area is 148 Å². The van der Waals surface area contributed by atoms with Gasteiger partial charge in [0.25, 0.3) is 0 Å². The van der Waals surface area contributed by atoms with Crippen molar-refractivity contribution in [1.82, 2.24) is 9.29 Å². The first-order valence-electron chi connectivity index (χ1n) is 7.77. The number of thiazole rings is 1. The minimum atomic E-state index is -4.58. The molecule has 1 atom stereocenters. The summed E-state index contributed by atoms with van der Waals surface area (Å²) in [6.07, 6.45) is -1.44. The molecule has 1 aliphatic rings. The van der Waals surface area contributed by atoms with Crippen LogP contribution in [0.3, 0.4) is 0 Å². The number of rotatable bonds is 3. The second-order valence-corrected chi connectivity index (χ2v) is 8.91. The molecule has 4 nitrogen and oxygen atoms in total. The number of hydrogen-bond acceptors (Lipinski definition) is 4. The van der Waals surface area contributed by atoms with Crippen LogP contribution in [-0.4, -0.2) is 30.8 Å². The van der Waals surface area contributed by atoms with E-state index in [0.717, 1.165) is 17.5 Å². The van der Waals surface area contributed by atoms with Gasteiger partial charge < -0.3 is 0 Å². The number of sulfonamides is 1. The van der Waals surface area contributed by atoms with Crippen molar-refractivity contribution in [2.24, 2.45) is 0 Å². The third-order valence-electron chi connectivity index (χ3n) is 4.34. The van der Waals surface area contributed by atoms with Gasteiger partial charge in [0, 0.05) is 30.6 Å². The number of aromatic nitrogens is 1. The number of alkyl halides is 3. The van der Waals surface area contributed by atoms with Gasteiger partial charge in [-0.2, -0.15) is 17.5 Å². The standard InChI is InChI=1S/C16H17F3N2O2S2/c1-11-4-5-13(9-14(11)16(17,18)19)25(22,23)21-7-2-3-12(10-21)15-20-6-8-24-15/h4-6,8-9,12H,2-3,7,10H2,1H3/t12-/m1/s1. The van der Waals surface area contributed by atoms with E-state index in [-0.39, 0.29) is 22.9 Å². The zero-order chi connectivity index (χ0) is 18.2. The molecule has 0 unspecified atom stereocenters. The normalized spacial score (nSPS) is 19.9. The molecule has 0 spiro atoms. The van der Waals surface area contributed by atoms with Gasteiger partial charge in [0.2, 0.25) is 10.0 Å². The predicted octanol–water partition coefficient (Wildman–Crippen LogP) is 4.04. The monoisotopic (exact) mass is 390 g/mol. The van der Waals surface area contributed by atoms with Crippen LogP contribution in [0.5, 0.6) is 0 Å². The van der Waals surface area contributed by atoms with Gasteiger partial charge in [-0.15, -0.1) is 11.3 Å². The summed E-state index contributed by atoms with van der Waals surface area (Å²) in [5.74, 6) is -0.0175. The van der Waals surface area contributed by atoms with Gasteiger partial charge in [0.05, 0.1) is 15.5 Å². The van der Waals surface area contributed by atoms with Crippen LogP contribution < -0.4 is 0 Å². The molecule has 0 radical (unpaired) electrons. The average molecular weight is 390 g/mol. The van der Waals surface area contributed by atoms with Crippen molar-refractivity contribution in [3.63, 3.8) is 0 Å². The van der Waals surface area contributed by atoms with Crippen LogP contribution >= 0.6 is 11.3 Å². The van der Waals surface area contributed by atoms with Crippen LogP contribution in [0.25, 0.3) is 0 Å². The summed E-state index contributed by atoms with van der Waals surface area (Å²) in [6.45, 7) is 1.86. The first-order chi connectivity index (χ1) is 11.7. The number of aryl methyl sites for hydroxylation is 1. The van der Waals surface area contributed by atoms with Crippen LogP contribution in [0, 0.1) is 6.92 Å². The van der Waals surface area contributed by atoms with Crippen molar-refractivity contribution in [1.29, 1.82) is 0 Å². The molecular formula is C16H17F3N2O2S2. The first-order valence-corrected chi connectivity index (χ1v) is 10.1. The van der Waals surface area contributed by atoms with Crippen LogP contribution in [0.1, 0.15) is 34.9 Å². The molecular weight excluding hydrogens is 373 g/mol. The van der Waals surface area contributed by atoms with Crippen molar-refractivity contribution in [2.45, 2.75) is 36.8 Å². The number of hydrogen-bond donors (Lipinski definition) is 0. The van der Waals surface area contributed by atoms with Crippen molar-refractivity contribution < 1.29 is 21.6 Å². The summed E-state index contributed by atoms with van der Waals surface area (Å²) in [5, 5.41) is 2.69. The van der Waals surface area contributed by atoms with E-state index in [1.54, 1.807) is 6.20 Å². The fourth-order valence-corrected chi connectivity index (χ4v) is 5.33. The van der Waals surface area contributed by atoms with Crippen LogP contribution in [0.15, 0.2) is 34.7 Å². The molecule has 0 bridgehead atoms. The van der Waals surface area contributed by atoms with E-state index in [4.69, 9.17) is 0 Å². The second-order valence-electron chi connectivity index (χ2n) is 6.05. The summed E-state index contributed by atoms with van der Waals surface area (Å²) in [7, 11) is -3.98. The molecule has 0 N–H and O–H groups in total. The molecule has 1 aromatic carbocycles. The molecule has 2 aromatic rings. The third kappa shape index (κ3) is 3.73. The smallest absolute Gasteiger partial charge is 0.249 e. The molecule has 0 amide bonds. The number of halogens is 3. The van der Waals surface area contributed by atoms with E-state index in [2.05, 4.69) is 4.98 Å². The quantitative estimate of drug-likeness (QED) is 0.795. The SMILES string of the molecule is Cc1ccc(S(=O)(=O)N2CCC[C@@H](c3nccs3)C2)cc1C(F)(F)F. The fraction of sp³-hybridized carbons (Fsp3) is 0.438. The lowest BCUT2D eigenvalue weighted by Gasteiger charge is -2.31. The highest BCUT2D eigenvalue weighted by atomic mass is 32.2.